The number of carbonyl (C=O) groups excluding carboxylic acids is 2. The first-order chi connectivity index (χ1) is 13.4. The Morgan fingerprint density at radius 2 is 1.71 bits per heavy atom. The van der Waals surface area contributed by atoms with Crippen molar-refractivity contribution in [3.63, 3.8) is 0 Å². The van der Waals surface area contributed by atoms with Crippen LogP contribution in [0.25, 0.3) is 0 Å². The number of amides is 1. The van der Waals surface area contributed by atoms with E-state index in [1.165, 1.54) is 0 Å². The number of ether oxygens (including phenoxy) is 2. The lowest BCUT2D eigenvalue weighted by molar-refractivity contribution is -0.154. The fourth-order valence-electron chi connectivity index (χ4n) is 2.48. The van der Waals surface area contributed by atoms with Crippen molar-refractivity contribution in [3.05, 3.63) is 70.7 Å². The molecule has 1 amide bonds. The number of esters is 1. The van der Waals surface area contributed by atoms with Crippen molar-refractivity contribution in [2.75, 3.05) is 6.61 Å². The van der Waals surface area contributed by atoms with Gasteiger partial charge in [0.05, 0.1) is 12.3 Å². The largest absolute Gasteiger partial charge is 0.464 e. The van der Waals surface area contributed by atoms with Crippen LogP contribution < -0.4 is 0 Å². The van der Waals surface area contributed by atoms with E-state index in [1.807, 2.05) is 30.3 Å². The Hall–Kier alpha value is -2.70. The predicted octanol–water partition coefficient (Wildman–Crippen LogP) is 4.03. The molecule has 0 radical (unpaired) electrons. The first kappa shape index (κ1) is 21.6. The van der Waals surface area contributed by atoms with Crippen molar-refractivity contribution < 1.29 is 24.2 Å². The zero-order chi connectivity index (χ0) is 20.5. The van der Waals surface area contributed by atoms with Crippen molar-refractivity contribution in [1.29, 1.82) is 0 Å². The van der Waals surface area contributed by atoms with Crippen molar-refractivity contribution in [1.82, 2.24) is 0 Å². The highest BCUT2D eigenvalue weighted by atomic mass is 35.5. The van der Waals surface area contributed by atoms with E-state index in [4.69, 9.17) is 21.1 Å². The number of rotatable bonds is 7. The summed E-state index contributed by atoms with van der Waals surface area (Å²) in [5.41, 5.74) is 1.56. The summed E-state index contributed by atoms with van der Waals surface area (Å²) in [5.74, 6) is -1.58. The molecule has 6 nitrogen and oxygen atoms in total. The van der Waals surface area contributed by atoms with Crippen molar-refractivity contribution >= 4 is 29.4 Å². The molecule has 28 heavy (non-hydrogen) atoms. The molecule has 0 aliphatic carbocycles. The quantitative estimate of drug-likeness (QED) is 0.557. The molecular weight excluding hydrogens is 382 g/mol. The van der Waals surface area contributed by atoms with Gasteiger partial charge in [-0.2, -0.15) is 4.99 Å². The molecule has 0 aliphatic rings. The van der Waals surface area contributed by atoms with E-state index in [1.54, 1.807) is 38.1 Å². The van der Waals surface area contributed by atoms with Gasteiger partial charge in [-0.25, -0.2) is 9.59 Å². The van der Waals surface area contributed by atoms with E-state index in [9.17, 15) is 14.7 Å². The highest BCUT2D eigenvalue weighted by Gasteiger charge is 2.29. The first-order valence-corrected chi connectivity index (χ1v) is 9.20. The molecule has 0 spiro atoms. The second kappa shape index (κ2) is 10.6. The number of aliphatic hydroxyl groups excluding tert-OH is 1. The molecule has 7 heteroatoms. The number of carbonyl (C=O) groups is 2. The van der Waals surface area contributed by atoms with Crippen LogP contribution in [0, 0.1) is 5.92 Å². The average Bonchev–Trinajstić information content (AvgIpc) is 2.71. The highest BCUT2D eigenvalue weighted by Crippen LogP contribution is 2.18. The number of aliphatic hydroxyl groups is 1. The van der Waals surface area contributed by atoms with Gasteiger partial charge in [0.1, 0.15) is 6.61 Å². The highest BCUT2D eigenvalue weighted by molar-refractivity contribution is 6.30. The predicted molar refractivity (Wildman–Crippen MR) is 106 cm³/mol. The van der Waals surface area contributed by atoms with Gasteiger partial charge in [-0.05, 0) is 30.2 Å². The Morgan fingerprint density at radius 1 is 1.07 bits per heavy atom. The first-order valence-electron chi connectivity index (χ1n) is 8.82. The van der Waals surface area contributed by atoms with Crippen LogP contribution in [0.4, 0.5) is 4.79 Å². The Bertz CT molecular complexity index is 820. The van der Waals surface area contributed by atoms with Gasteiger partial charge in [-0.3, -0.25) is 0 Å². The minimum atomic E-state index is -1.48. The van der Waals surface area contributed by atoms with E-state index in [0.717, 1.165) is 5.56 Å². The monoisotopic (exact) mass is 403 g/mol. The number of nitrogens with zero attached hydrogens (tertiary/aromatic N) is 1. The van der Waals surface area contributed by atoms with Crippen LogP contribution in [-0.2, 0) is 20.9 Å². The maximum atomic E-state index is 12.3. The van der Waals surface area contributed by atoms with Crippen LogP contribution in [0.3, 0.4) is 0 Å². The minimum Gasteiger partial charge on any atom is -0.464 e. The third-order valence-corrected chi connectivity index (χ3v) is 4.24. The Morgan fingerprint density at radius 3 is 2.32 bits per heavy atom. The molecule has 0 unspecified atom stereocenters. The maximum Gasteiger partial charge on any atom is 0.434 e. The van der Waals surface area contributed by atoms with Gasteiger partial charge in [0.25, 0.3) is 0 Å². The van der Waals surface area contributed by atoms with Gasteiger partial charge < -0.3 is 14.6 Å². The molecule has 2 aromatic carbocycles. The second-order valence-electron chi connectivity index (χ2n) is 6.03. The zero-order valence-corrected chi connectivity index (χ0v) is 16.4. The lowest BCUT2D eigenvalue weighted by atomic mass is 9.93. The molecule has 2 rings (SSSR count). The Balaban J connectivity index is 2.23. The fourth-order valence-corrected chi connectivity index (χ4v) is 2.61. The van der Waals surface area contributed by atoms with E-state index in [-0.39, 0.29) is 18.9 Å². The number of halogens is 1. The Kier molecular flexibility index (Phi) is 8.17. The van der Waals surface area contributed by atoms with Gasteiger partial charge in [-0.15, -0.1) is 0 Å². The van der Waals surface area contributed by atoms with Crippen molar-refractivity contribution in [3.8, 4) is 0 Å². The molecule has 1 N–H and O–H groups in total. The molecule has 2 atom stereocenters. The van der Waals surface area contributed by atoms with Crippen molar-refractivity contribution in [2.24, 2.45) is 10.9 Å². The van der Waals surface area contributed by atoms with E-state index in [0.29, 0.717) is 10.6 Å². The number of benzene rings is 2. The number of hydrogen-bond acceptors (Lipinski definition) is 5. The molecule has 0 aliphatic heterocycles. The smallest absolute Gasteiger partial charge is 0.434 e. The van der Waals surface area contributed by atoms with Gasteiger partial charge >= 0.3 is 12.1 Å². The molecule has 2 aromatic rings. The summed E-state index contributed by atoms with van der Waals surface area (Å²) in [4.78, 5) is 28.2. The summed E-state index contributed by atoms with van der Waals surface area (Å²) < 4.78 is 10.1. The fraction of sp³-hybridized carbons (Fsp3) is 0.286. The molecule has 0 aromatic heterocycles. The van der Waals surface area contributed by atoms with Gasteiger partial charge in [0.15, 0.2) is 6.10 Å². The third-order valence-electron chi connectivity index (χ3n) is 3.99. The van der Waals surface area contributed by atoms with Crippen molar-refractivity contribution in [2.45, 2.75) is 26.6 Å². The summed E-state index contributed by atoms with van der Waals surface area (Å²) in [6.07, 6.45) is -2.30. The summed E-state index contributed by atoms with van der Waals surface area (Å²) in [6.45, 7) is 3.42. The summed E-state index contributed by atoms with van der Waals surface area (Å²) in [7, 11) is 0. The van der Waals surface area contributed by atoms with Crippen LogP contribution >= 0.6 is 11.6 Å². The normalized spacial score (nSPS) is 13.5. The van der Waals surface area contributed by atoms with Crippen LogP contribution in [0.1, 0.15) is 25.0 Å². The topological polar surface area (TPSA) is 85.2 Å². The average molecular weight is 404 g/mol. The van der Waals surface area contributed by atoms with E-state index >= 15 is 0 Å². The molecule has 0 saturated carbocycles. The van der Waals surface area contributed by atoms with Crippen LogP contribution in [0.15, 0.2) is 59.6 Å². The summed E-state index contributed by atoms with van der Waals surface area (Å²) in [5, 5.41) is 10.8. The molecule has 0 bridgehead atoms. The van der Waals surface area contributed by atoms with Gasteiger partial charge in [-0.1, -0.05) is 61.0 Å². The lowest BCUT2D eigenvalue weighted by Crippen LogP contribution is -2.35. The zero-order valence-electron chi connectivity index (χ0n) is 15.7. The molecule has 0 heterocycles. The Labute approximate surface area is 168 Å². The van der Waals surface area contributed by atoms with Crippen LogP contribution in [-0.4, -0.2) is 35.6 Å². The van der Waals surface area contributed by atoms with Gasteiger partial charge in [0, 0.05) is 10.9 Å². The molecule has 0 saturated heterocycles. The van der Waals surface area contributed by atoms with E-state index in [2.05, 4.69) is 4.99 Å². The lowest BCUT2D eigenvalue weighted by Gasteiger charge is -2.19. The van der Waals surface area contributed by atoms with E-state index < -0.39 is 24.1 Å². The van der Waals surface area contributed by atoms with Gasteiger partial charge in [0.2, 0.25) is 0 Å². The third kappa shape index (κ3) is 6.18. The second-order valence-corrected chi connectivity index (χ2v) is 6.47. The molecular formula is C21H22ClNO5. The minimum absolute atomic E-state index is 0.0614. The van der Waals surface area contributed by atoms with Crippen LogP contribution in [0.5, 0.6) is 0 Å². The van der Waals surface area contributed by atoms with Crippen LogP contribution in [0.2, 0.25) is 5.02 Å². The maximum absolute atomic E-state index is 12.3. The summed E-state index contributed by atoms with van der Waals surface area (Å²) in [6, 6.07) is 15.7. The number of hydrogen-bond donors (Lipinski definition) is 1. The SMILES string of the molecule is CCOC(=O)[C@@H](O)[C@@H](C)/C(=N/C(=O)OCc1ccccc1)c1ccc(Cl)cc1. The molecule has 0 fully saturated rings. The standard InChI is InChI=1S/C21H22ClNO5/c1-3-27-20(25)19(24)14(2)18(16-9-11-17(22)12-10-16)23-21(26)28-13-15-7-5-4-6-8-15/h4-12,14,19,24H,3,13H2,1-2H3/b23-18-/t14-,19-/m0/s1. The number of aliphatic imine (C=N–C) groups is 1. The summed E-state index contributed by atoms with van der Waals surface area (Å²) >= 11 is 5.92. The molecule has 148 valence electrons.